The summed E-state index contributed by atoms with van der Waals surface area (Å²) in [5, 5.41) is 1.33. The van der Waals surface area contributed by atoms with Gasteiger partial charge in [0.2, 0.25) is 0 Å². The van der Waals surface area contributed by atoms with Crippen molar-refractivity contribution in [2.24, 2.45) is 0 Å². The first-order valence-electron chi connectivity index (χ1n) is 4.97. The zero-order valence-corrected chi connectivity index (χ0v) is 9.71. The van der Waals surface area contributed by atoms with Crippen LogP contribution in [0.15, 0.2) is 29.7 Å². The maximum Gasteiger partial charge on any atom is 0.172 e. The second-order valence-electron chi connectivity index (χ2n) is 4.05. The van der Waals surface area contributed by atoms with Crippen molar-refractivity contribution in [2.75, 3.05) is 5.75 Å². The molecule has 0 radical (unpaired) electrons. The summed E-state index contributed by atoms with van der Waals surface area (Å²) in [7, 11) is -2.95. The Morgan fingerprint density at radius 1 is 1.27 bits per heavy atom. The summed E-state index contributed by atoms with van der Waals surface area (Å²) in [6.07, 6.45) is 1.79. The highest BCUT2D eigenvalue weighted by molar-refractivity contribution is 7.94. The molecule has 1 aliphatic heterocycles. The van der Waals surface area contributed by atoms with Gasteiger partial charge in [-0.05, 0) is 30.5 Å². The summed E-state index contributed by atoms with van der Waals surface area (Å²) in [5.74, 6) is 0.256. The lowest BCUT2D eigenvalue weighted by molar-refractivity contribution is 0.604. The molecule has 1 aliphatic rings. The molecule has 0 saturated carbocycles. The van der Waals surface area contributed by atoms with Crippen LogP contribution in [0.2, 0.25) is 0 Å². The van der Waals surface area contributed by atoms with E-state index in [2.05, 4.69) is 0 Å². The number of sulfone groups is 1. The molecule has 0 fully saturated rings. The van der Waals surface area contributed by atoms with Crippen LogP contribution >= 0.6 is 0 Å². The number of allylic oxidation sites excluding steroid dienone is 1. The topological polar surface area (TPSA) is 34.1 Å². The fourth-order valence-electron chi connectivity index (χ4n) is 1.94. The summed E-state index contributed by atoms with van der Waals surface area (Å²) in [4.78, 5) is 0. The second kappa shape index (κ2) is 3.49. The van der Waals surface area contributed by atoms with Gasteiger partial charge in [0.1, 0.15) is 0 Å². The molecule has 1 aromatic rings. The smallest absolute Gasteiger partial charge is 0.172 e. The zero-order chi connectivity index (χ0) is 11.1. The van der Waals surface area contributed by atoms with E-state index < -0.39 is 9.84 Å². The Morgan fingerprint density at radius 2 is 2.00 bits per heavy atom. The lowest BCUT2D eigenvalue weighted by atomic mass is 9.94. The fraction of sp³-hybridized carbons (Fsp3) is 0.333. The lowest BCUT2D eigenvalue weighted by Crippen LogP contribution is -2.06. The van der Waals surface area contributed by atoms with E-state index in [1.807, 2.05) is 32.0 Å². The Labute approximate surface area is 90.6 Å². The average molecular weight is 222 g/mol. The first kappa shape index (κ1) is 10.4. The molecule has 0 aromatic heterocycles. The molecule has 2 nitrogen and oxygen atoms in total. The van der Waals surface area contributed by atoms with Crippen LogP contribution in [0.25, 0.3) is 0 Å². The number of hydrogen-bond acceptors (Lipinski definition) is 2. The van der Waals surface area contributed by atoms with Crippen LogP contribution in [-0.2, 0) is 9.84 Å². The van der Waals surface area contributed by atoms with Crippen molar-refractivity contribution >= 4 is 9.84 Å². The second-order valence-corrected chi connectivity index (χ2v) is 5.98. The Balaban J connectivity index is 2.41. The van der Waals surface area contributed by atoms with E-state index in [1.54, 1.807) is 6.08 Å². The molecule has 0 N–H and O–H groups in total. The van der Waals surface area contributed by atoms with Gasteiger partial charge in [-0.2, -0.15) is 0 Å². The molecule has 1 aromatic carbocycles. The highest BCUT2D eigenvalue weighted by Crippen LogP contribution is 2.29. The largest absolute Gasteiger partial charge is 0.224 e. The van der Waals surface area contributed by atoms with E-state index in [9.17, 15) is 8.42 Å². The predicted octanol–water partition coefficient (Wildman–Crippen LogP) is 2.33. The Bertz CT molecular complexity index is 512. The van der Waals surface area contributed by atoms with Gasteiger partial charge in [-0.15, -0.1) is 0 Å². The molecule has 2 rings (SSSR count). The third-order valence-corrected chi connectivity index (χ3v) is 4.37. The van der Waals surface area contributed by atoms with Crippen LogP contribution in [0, 0.1) is 13.8 Å². The first-order valence-corrected chi connectivity index (χ1v) is 6.68. The van der Waals surface area contributed by atoms with Crippen molar-refractivity contribution in [2.45, 2.75) is 19.8 Å². The van der Waals surface area contributed by atoms with Crippen molar-refractivity contribution in [1.29, 1.82) is 0 Å². The number of rotatable bonds is 1. The molecule has 3 heteroatoms. The summed E-state index contributed by atoms with van der Waals surface area (Å²) < 4.78 is 22.6. The van der Waals surface area contributed by atoms with Crippen LogP contribution in [-0.4, -0.2) is 14.2 Å². The Hall–Kier alpha value is -1.09. The summed E-state index contributed by atoms with van der Waals surface area (Å²) >= 11 is 0. The monoisotopic (exact) mass is 222 g/mol. The fourth-order valence-corrected chi connectivity index (χ4v) is 3.28. The maximum absolute atomic E-state index is 11.3. The van der Waals surface area contributed by atoms with Crippen LogP contribution in [0.5, 0.6) is 0 Å². The Morgan fingerprint density at radius 3 is 2.60 bits per heavy atom. The number of hydrogen-bond donors (Lipinski definition) is 0. The van der Waals surface area contributed by atoms with Crippen LogP contribution in [0.3, 0.4) is 0 Å². The molecular formula is C12H14O2S. The quantitative estimate of drug-likeness (QED) is 0.730. The van der Waals surface area contributed by atoms with Crippen LogP contribution in [0.1, 0.15) is 22.6 Å². The van der Waals surface area contributed by atoms with E-state index in [-0.39, 0.29) is 11.7 Å². The van der Waals surface area contributed by atoms with Crippen molar-refractivity contribution in [3.05, 3.63) is 46.4 Å². The van der Waals surface area contributed by atoms with Crippen LogP contribution < -0.4 is 0 Å². The lowest BCUT2D eigenvalue weighted by Gasteiger charge is -2.12. The third-order valence-electron chi connectivity index (χ3n) is 2.98. The van der Waals surface area contributed by atoms with Crippen LogP contribution in [0.4, 0.5) is 0 Å². The summed E-state index contributed by atoms with van der Waals surface area (Å²) in [6, 6.07) is 6.04. The van der Waals surface area contributed by atoms with E-state index in [0.29, 0.717) is 0 Å². The minimum atomic E-state index is -2.95. The molecule has 0 bridgehead atoms. The van der Waals surface area contributed by atoms with E-state index in [1.165, 1.54) is 16.5 Å². The minimum absolute atomic E-state index is 0.0369. The molecule has 80 valence electrons. The van der Waals surface area contributed by atoms with Gasteiger partial charge >= 0.3 is 0 Å². The number of aryl methyl sites for hydroxylation is 1. The molecule has 15 heavy (non-hydrogen) atoms. The molecule has 0 aliphatic carbocycles. The van der Waals surface area contributed by atoms with Gasteiger partial charge in [0.05, 0.1) is 5.75 Å². The zero-order valence-electron chi connectivity index (χ0n) is 8.90. The Kier molecular flexibility index (Phi) is 2.43. The predicted molar refractivity (Wildman–Crippen MR) is 61.6 cm³/mol. The van der Waals surface area contributed by atoms with E-state index >= 15 is 0 Å². The van der Waals surface area contributed by atoms with Gasteiger partial charge in [0.25, 0.3) is 0 Å². The van der Waals surface area contributed by atoms with Gasteiger partial charge in [-0.1, -0.05) is 24.3 Å². The van der Waals surface area contributed by atoms with Crippen molar-refractivity contribution < 1.29 is 8.42 Å². The summed E-state index contributed by atoms with van der Waals surface area (Å²) in [5.41, 5.74) is 3.54. The minimum Gasteiger partial charge on any atom is -0.224 e. The molecule has 0 spiro atoms. The molecule has 1 atom stereocenters. The number of benzene rings is 1. The van der Waals surface area contributed by atoms with Gasteiger partial charge in [0, 0.05) is 11.3 Å². The first-order chi connectivity index (χ1) is 6.99. The molecule has 1 heterocycles. The highest BCUT2D eigenvalue weighted by Gasteiger charge is 2.24. The highest BCUT2D eigenvalue weighted by atomic mass is 32.2. The average Bonchev–Trinajstić information content (AvgIpc) is 2.51. The third kappa shape index (κ3) is 1.97. The van der Waals surface area contributed by atoms with Crippen molar-refractivity contribution in [1.82, 2.24) is 0 Å². The normalized spacial score (nSPS) is 23.2. The van der Waals surface area contributed by atoms with Crippen molar-refractivity contribution in [3.63, 3.8) is 0 Å². The van der Waals surface area contributed by atoms with Gasteiger partial charge in [-0.25, -0.2) is 8.42 Å². The molecule has 1 unspecified atom stereocenters. The maximum atomic E-state index is 11.3. The molecule has 0 amide bonds. The van der Waals surface area contributed by atoms with Crippen molar-refractivity contribution in [3.8, 4) is 0 Å². The van der Waals surface area contributed by atoms with E-state index in [0.717, 1.165) is 5.56 Å². The molecule has 0 saturated heterocycles. The molecular weight excluding hydrogens is 208 g/mol. The van der Waals surface area contributed by atoms with Gasteiger partial charge in [-0.3, -0.25) is 0 Å². The van der Waals surface area contributed by atoms with E-state index in [4.69, 9.17) is 0 Å². The summed E-state index contributed by atoms with van der Waals surface area (Å²) in [6.45, 7) is 4.09. The standard InChI is InChI=1S/C12H14O2S/c1-9-4-3-5-12(10(9)2)11-6-7-15(13,14)8-11/h3-7,11H,8H2,1-2H3. The SMILES string of the molecule is Cc1cccc(C2C=CS(=O)(=O)C2)c1C. The van der Waals surface area contributed by atoms with Gasteiger partial charge in [0.15, 0.2) is 9.84 Å². The van der Waals surface area contributed by atoms with Gasteiger partial charge < -0.3 is 0 Å².